The molecule has 0 aliphatic rings. The Balaban J connectivity index is 1.75. The van der Waals surface area contributed by atoms with E-state index in [-0.39, 0.29) is 0 Å². The first kappa shape index (κ1) is 15.0. The van der Waals surface area contributed by atoms with E-state index < -0.39 is 12.3 Å². The van der Waals surface area contributed by atoms with Crippen LogP contribution in [-0.4, -0.2) is 24.5 Å². The molecule has 3 nitrogen and oxygen atoms in total. The molecule has 0 aliphatic heterocycles. The number of aliphatic hydroxyl groups is 1. The number of likely N-dealkylation sites (N-methyl/N-ethyl adjacent to an activating group) is 1. The van der Waals surface area contributed by atoms with Crippen molar-refractivity contribution in [2.45, 2.75) is 18.8 Å². The molecule has 0 spiro atoms. The van der Waals surface area contributed by atoms with Gasteiger partial charge in [0.2, 0.25) is 0 Å². The van der Waals surface area contributed by atoms with Crippen molar-refractivity contribution in [3.63, 3.8) is 0 Å². The number of rotatable bonds is 6. The summed E-state index contributed by atoms with van der Waals surface area (Å²) >= 11 is 1.65. The largest absolute Gasteiger partial charge is 0.471 e. The summed E-state index contributed by atoms with van der Waals surface area (Å²) in [5, 5.41) is 16.7. The van der Waals surface area contributed by atoms with Crippen LogP contribution in [-0.2, 0) is 6.42 Å². The topological polar surface area (TPSA) is 41.5 Å². The summed E-state index contributed by atoms with van der Waals surface area (Å²) in [6.07, 6.45) is -0.525. The first-order valence-electron chi connectivity index (χ1n) is 7.30. The molecule has 0 saturated carbocycles. The smallest absolute Gasteiger partial charge is 0.176 e. The first-order chi connectivity index (χ1) is 10.8. The van der Waals surface area contributed by atoms with Crippen LogP contribution in [0, 0.1) is 0 Å². The molecule has 2 N–H and O–H groups in total. The molecule has 0 saturated heterocycles. The average molecular weight is 313 g/mol. The zero-order chi connectivity index (χ0) is 15.4. The van der Waals surface area contributed by atoms with E-state index >= 15 is 0 Å². The van der Waals surface area contributed by atoms with Crippen LogP contribution in [0.5, 0.6) is 5.75 Å². The van der Waals surface area contributed by atoms with Crippen LogP contribution in [0.15, 0.2) is 60.0 Å². The Morgan fingerprint density at radius 3 is 2.68 bits per heavy atom. The third-order valence-electron chi connectivity index (χ3n) is 3.62. The molecule has 0 aliphatic carbocycles. The number of hydrogen-bond donors (Lipinski definition) is 2. The molecule has 0 bridgehead atoms. The Kier molecular flexibility index (Phi) is 4.73. The predicted octanol–water partition coefficient (Wildman–Crippen LogP) is 3.43. The van der Waals surface area contributed by atoms with Crippen LogP contribution >= 0.6 is 11.3 Å². The first-order valence-corrected chi connectivity index (χ1v) is 8.18. The van der Waals surface area contributed by atoms with Crippen molar-refractivity contribution in [2.75, 3.05) is 7.05 Å². The Hall–Kier alpha value is -1.88. The van der Waals surface area contributed by atoms with Gasteiger partial charge in [-0.05, 0) is 35.5 Å². The van der Waals surface area contributed by atoms with E-state index in [9.17, 15) is 5.11 Å². The molecule has 1 heterocycles. The van der Waals surface area contributed by atoms with E-state index in [4.69, 9.17) is 4.74 Å². The van der Waals surface area contributed by atoms with Gasteiger partial charge in [-0.1, -0.05) is 42.5 Å². The molecule has 114 valence electrons. The van der Waals surface area contributed by atoms with Crippen LogP contribution < -0.4 is 10.1 Å². The van der Waals surface area contributed by atoms with Gasteiger partial charge < -0.3 is 9.84 Å². The van der Waals surface area contributed by atoms with Crippen molar-refractivity contribution in [3.8, 4) is 5.75 Å². The average Bonchev–Trinajstić information content (AvgIpc) is 3.02. The molecule has 0 radical (unpaired) electrons. The van der Waals surface area contributed by atoms with Crippen LogP contribution in [0.25, 0.3) is 10.1 Å². The Morgan fingerprint density at radius 1 is 1.09 bits per heavy atom. The number of hydrogen-bond acceptors (Lipinski definition) is 4. The number of fused-ring (bicyclic) bond motifs is 1. The summed E-state index contributed by atoms with van der Waals surface area (Å²) in [5.41, 5.74) is 1.09. The highest BCUT2D eigenvalue weighted by molar-refractivity contribution is 7.17. The Labute approximate surface area is 134 Å². The minimum Gasteiger partial charge on any atom is -0.471 e. The zero-order valence-corrected chi connectivity index (χ0v) is 13.2. The molecule has 4 heteroatoms. The van der Waals surface area contributed by atoms with Gasteiger partial charge in [-0.3, -0.25) is 5.32 Å². The number of thiophene rings is 1. The standard InChI is InChI=1S/C18H19NO2S/c1-19-18(15(20)12-13-6-3-2-4-7-13)21-16-9-5-8-14-10-11-22-17(14)16/h2-11,15,18-20H,12H2,1H3/t15-,18?/m1/s1. The lowest BCUT2D eigenvalue weighted by molar-refractivity contribution is 0.0217. The highest BCUT2D eigenvalue weighted by Crippen LogP contribution is 2.31. The number of benzene rings is 2. The fourth-order valence-electron chi connectivity index (χ4n) is 2.49. The summed E-state index contributed by atoms with van der Waals surface area (Å²) < 4.78 is 7.12. The van der Waals surface area contributed by atoms with Crippen molar-refractivity contribution in [2.24, 2.45) is 0 Å². The summed E-state index contributed by atoms with van der Waals surface area (Å²) in [6.45, 7) is 0. The van der Waals surface area contributed by atoms with Crippen LogP contribution in [0.2, 0.25) is 0 Å². The monoisotopic (exact) mass is 313 g/mol. The lowest BCUT2D eigenvalue weighted by Crippen LogP contribution is -2.43. The molecule has 3 aromatic rings. The second kappa shape index (κ2) is 6.92. The number of nitrogens with one attached hydrogen (secondary N) is 1. The predicted molar refractivity (Wildman–Crippen MR) is 91.5 cm³/mol. The molecule has 1 unspecified atom stereocenters. The van der Waals surface area contributed by atoms with Gasteiger partial charge >= 0.3 is 0 Å². The summed E-state index contributed by atoms with van der Waals surface area (Å²) in [7, 11) is 1.80. The second-order valence-electron chi connectivity index (χ2n) is 5.18. The summed E-state index contributed by atoms with van der Waals surface area (Å²) in [5.74, 6) is 0.805. The maximum Gasteiger partial charge on any atom is 0.176 e. The summed E-state index contributed by atoms with van der Waals surface area (Å²) in [4.78, 5) is 0. The van der Waals surface area contributed by atoms with E-state index in [0.717, 1.165) is 21.4 Å². The number of aliphatic hydroxyl groups excluding tert-OH is 1. The highest BCUT2D eigenvalue weighted by Gasteiger charge is 2.20. The minimum absolute atomic E-state index is 0.451. The van der Waals surface area contributed by atoms with Gasteiger partial charge in [-0.2, -0.15) is 0 Å². The molecular formula is C18H19NO2S. The van der Waals surface area contributed by atoms with Crippen molar-refractivity contribution < 1.29 is 9.84 Å². The van der Waals surface area contributed by atoms with E-state index in [1.807, 2.05) is 47.8 Å². The van der Waals surface area contributed by atoms with Gasteiger partial charge in [0.1, 0.15) is 11.9 Å². The van der Waals surface area contributed by atoms with Gasteiger partial charge in [0.15, 0.2) is 6.23 Å². The van der Waals surface area contributed by atoms with Gasteiger partial charge in [0.25, 0.3) is 0 Å². The lowest BCUT2D eigenvalue weighted by atomic mass is 10.1. The molecule has 2 aromatic carbocycles. The maximum atomic E-state index is 10.5. The van der Waals surface area contributed by atoms with Crippen molar-refractivity contribution in [1.29, 1.82) is 0 Å². The second-order valence-corrected chi connectivity index (χ2v) is 6.10. The van der Waals surface area contributed by atoms with E-state index in [1.54, 1.807) is 18.4 Å². The highest BCUT2D eigenvalue weighted by atomic mass is 32.1. The molecule has 0 fully saturated rings. The van der Waals surface area contributed by atoms with Crippen molar-refractivity contribution in [1.82, 2.24) is 5.32 Å². The third-order valence-corrected chi connectivity index (χ3v) is 4.56. The van der Waals surface area contributed by atoms with Crippen LogP contribution in [0.1, 0.15) is 5.56 Å². The molecular weight excluding hydrogens is 294 g/mol. The van der Waals surface area contributed by atoms with Crippen molar-refractivity contribution in [3.05, 3.63) is 65.5 Å². The fourth-order valence-corrected chi connectivity index (χ4v) is 3.34. The Morgan fingerprint density at radius 2 is 1.91 bits per heavy atom. The normalized spacial score (nSPS) is 13.9. The molecule has 2 atom stereocenters. The van der Waals surface area contributed by atoms with E-state index in [0.29, 0.717) is 6.42 Å². The van der Waals surface area contributed by atoms with E-state index in [1.165, 1.54) is 0 Å². The molecule has 3 rings (SSSR count). The van der Waals surface area contributed by atoms with Crippen molar-refractivity contribution >= 4 is 21.4 Å². The van der Waals surface area contributed by atoms with Crippen LogP contribution in [0.3, 0.4) is 0 Å². The van der Waals surface area contributed by atoms with Crippen LogP contribution in [0.4, 0.5) is 0 Å². The fraction of sp³-hybridized carbons (Fsp3) is 0.222. The zero-order valence-electron chi connectivity index (χ0n) is 12.4. The third kappa shape index (κ3) is 3.30. The number of ether oxygens (including phenoxy) is 1. The molecule has 1 aromatic heterocycles. The van der Waals surface area contributed by atoms with Gasteiger partial charge in [0.05, 0.1) is 4.70 Å². The molecule has 22 heavy (non-hydrogen) atoms. The molecule has 0 amide bonds. The maximum absolute atomic E-state index is 10.5. The summed E-state index contributed by atoms with van der Waals surface area (Å²) in [6, 6.07) is 18.0. The van der Waals surface area contributed by atoms with Gasteiger partial charge in [-0.15, -0.1) is 11.3 Å². The SMILES string of the molecule is CNC(Oc1cccc2ccsc12)[C@H](O)Cc1ccccc1. The quantitative estimate of drug-likeness (QED) is 0.685. The van der Waals surface area contributed by atoms with Gasteiger partial charge in [0, 0.05) is 6.42 Å². The lowest BCUT2D eigenvalue weighted by Gasteiger charge is -2.24. The Bertz CT molecular complexity index is 726. The van der Waals surface area contributed by atoms with Gasteiger partial charge in [-0.25, -0.2) is 0 Å². The van der Waals surface area contributed by atoms with E-state index in [2.05, 4.69) is 17.4 Å². The minimum atomic E-state index is -0.623.